The van der Waals surface area contributed by atoms with E-state index in [1.807, 2.05) is 6.07 Å². The third-order valence-corrected chi connectivity index (χ3v) is 2.46. The molecule has 1 aromatic carbocycles. The molecule has 0 saturated carbocycles. The van der Waals surface area contributed by atoms with Crippen molar-refractivity contribution < 1.29 is 19.1 Å². The number of rotatable bonds is 5. The highest BCUT2D eigenvalue weighted by atomic mass is 16.6. The molecule has 0 fully saturated rings. The minimum Gasteiger partial charge on any atom is -0.392 e. The third-order valence-electron chi connectivity index (χ3n) is 2.46. The Balaban J connectivity index is 3.03. The van der Waals surface area contributed by atoms with Crippen LogP contribution < -0.4 is 0 Å². The maximum atomic E-state index is 11.6. The molecule has 1 aromatic rings. The second-order valence-electron chi connectivity index (χ2n) is 3.81. The van der Waals surface area contributed by atoms with Crippen molar-refractivity contribution in [2.24, 2.45) is 0 Å². The zero-order valence-electron chi connectivity index (χ0n) is 9.86. The zero-order valence-corrected chi connectivity index (χ0v) is 9.86. The minimum atomic E-state index is -0.670. The smallest absolute Gasteiger partial charge is 0.346 e. The topological polar surface area (TPSA) is 60.4 Å². The highest BCUT2D eigenvalue weighted by molar-refractivity contribution is 5.96. The summed E-state index contributed by atoms with van der Waals surface area (Å²) in [6.07, 6.45) is 0.838. The Kier molecular flexibility index (Phi) is 4.57. The van der Waals surface area contributed by atoms with Gasteiger partial charge in [-0.25, -0.2) is 4.79 Å². The Labute approximate surface area is 99.6 Å². The summed E-state index contributed by atoms with van der Waals surface area (Å²) in [4.78, 5) is 32.7. The number of aryl methyl sites for hydroxylation is 2. The van der Waals surface area contributed by atoms with Crippen molar-refractivity contribution in [2.45, 2.75) is 26.7 Å². The van der Waals surface area contributed by atoms with Gasteiger partial charge in [0.15, 0.2) is 0 Å². The lowest BCUT2D eigenvalue weighted by molar-refractivity contribution is -0.124. The summed E-state index contributed by atoms with van der Waals surface area (Å²) in [6, 6.07) is 5.33. The van der Waals surface area contributed by atoms with E-state index in [0.717, 1.165) is 11.1 Å². The average Bonchev–Trinajstić information content (AvgIpc) is 2.26. The van der Waals surface area contributed by atoms with E-state index < -0.39 is 5.97 Å². The molecule has 0 heterocycles. The van der Waals surface area contributed by atoms with Crippen LogP contribution >= 0.6 is 0 Å². The molecule has 0 saturated heterocycles. The van der Waals surface area contributed by atoms with E-state index in [2.05, 4.69) is 4.74 Å². The Morgan fingerprint density at radius 3 is 2.65 bits per heavy atom. The molecule has 0 bridgehead atoms. The van der Waals surface area contributed by atoms with Crippen molar-refractivity contribution in [3.63, 3.8) is 0 Å². The van der Waals surface area contributed by atoms with E-state index in [1.54, 1.807) is 19.1 Å². The van der Waals surface area contributed by atoms with Crippen LogP contribution in [0, 0.1) is 6.92 Å². The first kappa shape index (κ1) is 13.1. The van der Waals surface area contributed by atoms with Crippen molar-refractivity contribution >= 4 is 18.2 Å². The third kappa shape index (κ3) is 3.52. The molecule has 0 unspecified atom stereocenters. The molecule has 0 aliphatic carbocycles. The van der Waals surface area contributed by atoms with Crippen molar-refractivity contribution in [1.29, 1.82) is 0 Å². The van der Waals surface area contributed by atoms with Crippen molar-refractivity contribution in [3.05, 3.63) is 34.9 Å². The molecule has 90 valence electrons. The maximum absolute atomic E-state index is 11.6. The van der Waals surface area contributed by atoms with Crippen LogP contribution in [-0.2, 0) is 20.7 Å². The van der Waals surface area contributed by atoms with Gasteiger partial charge in [0.25, 0.3) is 0 Å². The van der Waals surface area contributed by atoms with E-state index in [1.165, 1.54) is 6.92 Å². The lowest BCUT2D eigenvalue weighted by Gasteiger charge is -2.09. The highest BCUT2D eigenvalue weighted by Gasteiger charge is 2.15. The molecule has 17 heavy (non-hydrogen) atoms. The Hall–Kier alpha value is -1.97. The van der Waals surface area contributed by atoms with E-state index in [-0.39, 0.29) is 12.3 Å². The second kappa shape index (κ2) is 5.94. The Morgan fingerprint density at radius 1 is 1.35 bits per heavy atom. The molecule has 0 aliphatic heterocycles. The summed E-state index contributed by atoms with van der Waals surface area (Å²) in [5, 5.41) is 0. The molecule has 4 nitrogen and oxygen atoms in total. The monoisotopic (exact) mass is 234 g/mol. The van der Waals surface area contributed by atoms with Crippen LogP contribution in [0.1, 0.15) is 34.8 Å². The van der Waals surface area contributed by atoms with Gasteiger partial charge in [-0.05, 0) is 31.4 Å². The summed E-state index contributed by atoms with van der Waals surface area (Å²) in [5.74, 6) is -0.613. The first-order valence-electron chi connectivity index (χ1n) is 5.28. The summed E-state index contributed by atoms with van der Waals surface area (Å²) in [5.41, 5.74) is 1.84. The van der Waals surface area contributed by atoms with E-state index >= 15 is 0 Å². The first-order chi connectivity index (χ1) is 8.06. The molecule has 0 amide bonds. The van der Waals surface area contributed by atoms with Crippen LogP contribution in [0.2, 0.25) is 0 Å². The average molecular weight is 234 g/mol. The largest absolute Gasteiger partial charge is 0.392 e. The predicted molar refractivity (Wildman–Crippen MR) is 61.7 cm³/mol. The SMILES string of the molecule is CC(=O)CCc1cccc(C)c1C(=O)OC=O. The van der Waals surface area contributed by atoms with E-state index in [9.17, 15) is 14.4 Å². The molecule has 0 aliphatic rings. The van der Waals surface area contributed by atoms with Crippen LogP contribution in [0.5, 0.6) is 0 Å². The quantitative estimate of drug-likeness (QED) is 0.443. The summed E-state index contributed by atoms with van der Waals surface area (Å²) in [6.45, 7) is 3.38. The first-order valence-corrected chi connectivity index (χ1v) is 5.28. The number of esters is 1. The lowest BCUT2D eigenvalue weighted by Crippen LogP contribution is -2.10. The number of carbonyl (C=O) groups excluding carboxylic acids is 3. The highest BCUT2D eigenvalue weighted by Crippen LogP contribution is 2.17. The van der Waals surface area contributed by atoms with Gasteiger partial charge in [0, 0.05) is 6.42 Å². The van der Waals surface area contributed by atoms with Crippen LogP contribution in [0.25, 0.3) is 0 Å². The van der Waals surface area contributed by atoms with Gasteiger partial charge < -0.3 is 9.53 Å². The van der Waals surface area contributed by atoms with Gasteiger partial charge in [-0.15, -0.1) is 0 Å². The van der Waals surface area contributed by atoms with Crippen molar-refractivity contribution in [2.75, 3.05) is 0 Å². The van der Waals surface area contributed by atoms with Crippen LogP contribution in [-0.4, -0.2) is 18.2 Å². The van der Waals surface area contributed by atoms with Gasteiger partial charge in [0.2, 0.25) is 0 Å². The molecular weight excluding hydrogens is 220 g/mol. The van der Waals surface area contributed by atoms with Crippen molar-refractivity contribution in [1.82, 2.24) is 0 Å². The predicted octanol–water partition coefficient (Wildman–Crippen LogP) is 1.83. The normalized spacial score (nSPS) is 9.76. The minimum absolute atomic E-state index is 0.0567. The molecule has 0 N–H and O–H groups in total. The number of hydrogen-bond donors (Lipinski definition) is 0. The van der Waals surface area contributed by atoms with Crippen LogP contribution in [0.4, 0.5) is 0 Å². The van der Waals surface area contributed by atoms with E-state index in [4.69, 9.17) is 0 Å². The number of ether oxygens (including phenoxy) is 1. The summed E-state index contributed by atoms with van der Waals surface area (Å²) in [7, 11) is 0. The lowest BCUT2D eigenvalue weighted by atomic mass is 9.98. The Morgan fingerprint density at radius 2 is 2.06 bits per heavy atom. The van der Waals surface area contributed by atoms with Crippen LogP contribution in [0.3, 0.4) is 0 Å². The molecule has 0 aromatic heterocycles. The van der Waals surface area contributed by atoms with Gasteiger partial charge >= 0.3 is 12.4 Å². The second-order valence-corrected chi connectivity index (χ2v) is 3.81. The maximum Gasteiger partial charge on any atom is 0.346 e. The fourth-order valence-corrected chi connectivity index (χ4v) is 1.64. The molecule has 4 heteroatoms. The van der Waals surface area contributed by atoms with Gasteiger partial charge in [-0.3, -0.25) is 4.79 Å². The standard InChI is InChI=1S/C13H14O4/c1-9-4-3-5-11(7-6-10(2)15)12(9)13(16)17-8-14/h3-5,8H,6-7H2,1-2H3. The number of carbonyl (C=O) groups is 3. The van der Waals surface area contributed by atoms with Gasteiger partial charge in [-0.1, -0.05) is 18.2 Å². The zero-order chi connectivity index (χ0) is 12.8. The number of benzene rings is 1. The fourth-order valence-electron chi connectivity index (χ4n) is 1.64. The fraction of sp³-hybridized carbons (Fsp3) is 0.308. The Bertz CT molecular complexity index is 449. The summed E-state index contributed by atoms with van der Waals surface area (Å²) < 4.78 is 4.35. The molecule has 1 rings (SSSR count). The molecule has 0 atom stereocenters. The van der Waals surface area contributed by atoms with Crippen LogP contribution in [0.15, 0.2) is 18.2 Å². The molecule has 0 radical (unpaired) electrons. The van der Waals surface area contributed by atoms with Gasteiger partial charge in [0.05, 0.1) is 5.56 Å². The molecule has 0 spiro atoms. The number of ketones is 1. The van der Waals surface area contributed by atoms with Crippen molar-refractivity contribution in [3.8, 4) is 0 Å². The van der Waals surface area contributed by atoms with E-state index in [0.29, 0.717) is 18.4 Å². The molecular formula is C13H14O4. The summed E-state index contributed by atoms with van der Waals surface area (Å²) >= 11 is 0. The number of hydrogen-bond acceptors (Lipinski definition) is 4. The van der Waals surface area contributed by atoms with Gasteiger partial charge in [0.1, 0.15) is 5.78 Å². The number of Topliss-reactive ketones (excluding diaryl/α,β-unsaturated/α-hetero) is 1. The van der Waals surface area contributed by atoms with Gasteiger partial charge in [-0.2, -0.15) is 0 Å².